The fraction of sp³-hybridized carbons (Fsp3) is 0.533. The van der Waals surface area contributed by atoms with Crippen LogP contribution in [0.5, 0.6) is 0 Å². The molecular weight excluding hydrogens is 288 g/mol. The molecule has 0 saturated heterocycles. The van der Waals surface area contributed by atoms with Gasteiger partial charge in [0.15, 0.2) is 9.84 Å². The van der Waals surface area contributed by atoms with Gasteiger partial charge in [0, 0.05) is 13.1 Å². The van der Waals surface area contributed by atoms with E-state index in [0.717, 1.165) is 24.1 Å². The Labute approximate surface area is 126 Å². The monoisotopic (exact) mass is 310 g/mol. The first kappa shape index (κ1) is 16.0. The number of hydrogen-bond acceptors (Lipinski definition) is 4. The minimum atomic E-state index is -3.12. The van der Waals surface area contributed by atoms with E-state index in [0.29, 0.717) is 24.3 Å². The Balaban J connectivity index is 2.01. The van der Waals surface area contributed by atoms with Crippen LogP contribution in [-0.4, -0.2) is 52.2 Å². The van der Waals surface area contributed by atoms with Gasteiger partial charge in [-0.15, -0.1) is 0 Å². The summed E-state index contributed by atoms with van der Waals surface area (Å²) in [6.07, 6.45) is 1.72. The van der Waals surface area contributed by atoms with Crippen molar-refractivity contribution >= 4 is 15.7 Å². The topological polar surface area (TPSA) is 66.5 Å². The fourth-order valence-electron chi connectivity index (χ4n) is 2.47. The van der Waals surface area contributed by atoms with E-state index in [9.17, 15) is 13.2 Å². The maximum atomic E-state index is 11.9. The summed E-state index contributed by atoms with van der Waals surface area (Å²) in [5, 5.41) is 2.86. The number of sulfone groups is 1. The lowest BCUT2D eigenvalue weighted by Crippen LogP contribution is -2.32. The van der Waals surface area contributed by atoms with Crippen molar-refractivity contribution in [2.75, 3.05) is 32.9 Å². The van der Waals surface area contributed by atoms with E-state index >= 15 is 0 Å². The first-order valence-electron chi connectivity index (χ1n) is 7.14. The Morgan fingerprint density at radius 1 is 1.33 bits per heavy atom. The highest BCUT2D eigenvalue weighted by Gasteiger charge is 2.23. The number of aryl methyl sites for hydroxylation is 1. The largest absolute Gasteiger partial charge is 0.355 e. The van der Waals surface area contributed by atoms with Crippen LogP contribution in [0.25, 0.3) is 0 Å². The van der Waals surface area contributed by atoms with Crippen LogP contribution in [0.3, 0.4) is 0 Å². The summed E-state index contributed by atoms with van der Waals surface area (Å²) in [6, 6.07) is 5.25. The third kappa shape index (κ3) is 4.28. The summed E-state index contributed by atoms with van der Waals surface area (Å²) in [7, 11) is 0.792. The van der Waals surface area contributed by atoms with Gasteiger partial charge in [0.25, 0.3) is 0 Å². The Morgan fingerprint density at radius 3 is 2.81 bits per heavy atom. The number of benzene rings is 1. The van der Waals surface area contributed by atoms with Crippen molar-refractivity contribution in [1.29, 1.82) is 0 Å². The molecule has 1 aliphatic heterocycles. The van der Waals surface area contributed by atoms with Gasteiger partial charge in [-0.3, -0.25) is 4.79 Å². The molecule has 21 heavy (non-hydrogen) atoms. The van der Waals surface area contributed by atoms with Gasteiger partial charge >= 0.3 is 0 Å². The van der Waals surface area contributed by atoms with E-state index in [1.54, 1.807) is 12.1 Å². The summed E-state index contributed by atoms with van der Waals surface area (Å²) < 4.78 is 23.9. The molecular formula is C15H22N2O3S. The van der Waals surface area contributed by atoms with Crippen LogP contribution in [0.1, 0.15) is 17.5 Å². The maximum Gasteiger partial charge on any atom is 0.224 e. The van der Waals surface area contributed by atoms with E-state index in [1.807, 2.05) is 25.1 Å². The van der Waals surface area contributed by atoms with Gasteiger partial charge < -0.3 is 10.2 Å². The molecule has 0 unspecified atom stereocenters. The second kappa shape index (κ2) is 6.58. The zero-order valence-electron chi connectivity index (χ0n) is 12.6. The Morgan fingerprint density at radius 2 is 2.10 bits per heavy atom. The molecule has 5 nitrogen and oxygen atoms in total. The van der Waals surface area contributed by atoms with Crippen molar-refractivity contribution in [1.82, 2.24) is 10.2 Å². The van der Waals surface area contributed by atoms with Gasteiger partial charge in [-0.1, -0.05) is 12.1 Å². The van der Waals surface area contributed by atoms with Crippen LogP contribution in [0.4, 0.5) is 0 Å². The summed E-state index contributed by atoms with van der Waals surface area (Å²) in [5.41, 5.74) is 1.72. The van der Waals surface area contributed by atoms with Crippen molar-refractivity contribution in [2.45, 2.75) is 24.2 Å². The third-order valence-electron chi connectivity index (χ3n) is 3.57. The SMILES string of the molecule is CN(C)CCNC(=O)Cc1ccc2c(c1)CCCS2(=O)=O. The van der Waals surface area contributed by atoms with Crippen molar-refractivity contribution in [3.63, 3.8) is 0 Å². The third-order valence-corrected chi connectivity index (χ3v) is 5.46. The zero-order valence-corrected chi connectivity index (χ0v) is 13.4. The molecule has 1 heterocycles. The molecule has 0 bridgehead atoms. The van der Waals surface area contributed by atoms with E-state index in [2.05, 4.69) is 5.32 Å². The molecule has 6 heteroatoms. The van der Waals surface area contributed by atoms with Gasteiger partial charge in [-0.25, -0.2) is 8.42 Å². The van der Waals surface area contributed by atoms with E-state index in [1.165, 1.54) is 0 Å². The Hall–Kier alpha value is -1.40. The molecule has 0 atom stereocenters. The van der Waals surface area contributed by atoms with Crippen molar-refractivity contribution in [2.24, 2.45) is 0 Å². The molecule has 0 spiro atoms. The number of fused-ring (bicyclic) bond motifs is 1. The van der Waals surface area contributed by atoms with E-state index in [-0.39, 0.29) is 11.7 Å². The predicted octanol–water partition coefficient (Wildman–Crippen LogP) is 0.627. The van der Waals surface area contributed by atoms with Crippen LogP contribution in [0.15, 0.2) is 23.1 Å². The van der Waals surface area contributed by atoms with Crippen LogP contribution >= 0.6 is 0 Å². The molecule has 1 aromatic carbocycles. The lowest BCUT2D eigenvalue weighted by molar-refractivity contribution is -0.120. The van der Waals surface area contributed by atoms with Gasteiger partial charge in [0.2, 0.25) is 5.91 Å². The molecule has 1 aromatic rings. The summed E-state index contributed by atoms with van der Waals surface area (Å²) in [5.74, 6) is 0.195. The van der Waals surface area contributed by atoms with Crippen LogP contribution in [-0.2, 0) is 27.5 Å². The first-order chi connectivity index (χ1) is 9.88. The molecule has 116 valence electrons. The molecule has 1 N–H and O–H groups in total. The van der Waals surface area contributed by atoms with Gasteiger partial charge in [-0.2, -0.15) is 0 Å². The average molecular weight is 310 g/mol. The number of amides is 1. The quantitative estimate of drug-likeness (QED) is 0.866. The number of carbonyl (C=O) groups excluding carboxylic acids is 1. The number of hydrogen-bond donors (Lipinski definition) is 1. The number of rotatable bonds is 5. The maximum absolute atomic E-state index is 11.9. The van der Waals surface area contributed by atoms with E-state index < -0.39 is 9.84 Å². The Kier molecular flexibility index (Phi) is 5.00. The number of carbonyl (C=O) groups is 1. The highest BCUT2D eigenvalue weighted by Crippen LogP contribution is 2.25. The molecule has 0 fully saturated rings. The van der Waals surface area contributed by atoms with Gasteiger partial charge in [0.1, 0.15) is 0 Å². The predicted molar refractivity (Wildman–Crippen MR) is 82.1 cm³/mol. The minimum Gasteiger partial charge on any atom is -0.355 e. The highest BCUT2D eigenvalue weighted by atomic mass is 32.2. The lowest BCUT2D eigenvalue weighted by atomic mass is 10.0. The molecule has 1 amide bonds. The second-order valence-electron chi connectivity index (χ2n) is 5.69. The molecule has 2 rings (SSSR count). The Bertz CT molecular complexity index is 624. The average Bonchev–Trinajstić information content (AvgIpc) is 2.37. The zero-order chi connectivity index (χ0) is 15.5. The smallest absolute Gasteiger partial charge is 0.224 e. The first-order valence-corrected chi connectivity index (χ1v) is 8.80. The van der Waals surface area contributed by atoms with E-state index in [4.69, 9.17) is 0 Å². The lowest BCUT2D eigenvalue weighted by Gasteiger charge is -2.17. The normalized spacial score (nSPS) is 16.5. The van der Waals surface area contributed by atoms with Crippen LogP contribution in [0.2, 0.25) is 0 Å². The summed E-state index contributed by atoms with van der Waals surface area (Å²) in [6.45, 7) is 1.42. The molecule has 0 aliphatic carbocycles. The molecule has 0 aromatic heterocycles. The number of likely N-dealkylation sites (N-methyl/N-ethyl adjacent to an activating group) is 1. The molecule has 0 radical (unpaired) electrons. The molecule has 1 aliphatic rings. The van der Waals surface area contributed by atoms with Crippen molar-refractivity contribution < 1.29 is 13.2 Å². The minimum absolute atomic E-state index is 0.0320. The summed E-state index contributed by atoms with van der Waals surface area (Å²) >= 11 is 0. The van der Waals surface area contributed by atoms with Crippen LogP contribution < -0.4 is 5.32 Å². The fourth-order valence-corrected chi connectivity index (χ4v) is 4.05. The second-order valence-corrected chi connectivity index (χ2v) is 7.77. The molecule has 0 saturated carbocycles. The highest BCUT2D eigenvalue weighted by molar-refractivity contribution is 7.91. The van der Waals surface area contributed by atoms with Gasteiger partial charge in [-0.05, 0) is 44.1 Å². The number of nitrogens with zero attached hydrogens (tertiary/aromatic N) is 1. The van der Waals surface area contributed by atoms with Crippen molar-refractivity contribution in [3.8, 4) is 0 Å². The van der Waals surface area contributed by atoms with Crippen LogP contribution in [0, 0.1) is 0 Å². The standard InChI is InChI=1S/C15H22N2O3S/c1-17(2)8-7-16-15(18)11-12-5-6-14-13(10-12)4-3-9-21(14,19)20/h5-6,10H,3-4,7-9,11H2,1-2H3,(H,16,18). The van der Waals surface area contributed by atoms with Gasteiger partial charge in [0.05, 0.1) is 17.1 Å². The summed E-state index contributed by atoms with van der Waals surface area (Å²) in [4.78, 5) is 14.3. The van der Waals surface area contributed by atoms with Crippen molar-refractivity contribution in [3.05, 3.63) is 29.3 Å². The number of nitrogens with one attached hydrogen (secondary N) is 1.